The first-order valence-electron chi connectivity index (χ1n) is 9.86. The molecule has 3 rings (SSSR count). The van der Waals surface area contributed by atoms with Gasteiger partial charge in [0.1, 0.15) is 17.6 Å². The highest BCUT2D eigenvalue weighted by Crippen LogP contribution is 2.24. The van der Waals surface area contributed by atoms with E-state index in [-0.39, 0.29) is 17.8 Å². The number of hydrogen-bond acceptors (Lipinski definition) is 7. The lowest BCUT2D eigenvalue weighted by Gasteiger charge is -2.34. The molecule has 0 unspecified atom stereocenters. The van der Waals surface area contributed by atoms with Crippen molar-refractivity contribution in [1.29, 1.82) is 0 Å². The number of aryl methyl sites for hydroxylation is 1. The quantitative estimate of drug-likeness (QED) is 0.649. The van der Waals surface area contributed by atoms with Crippen LogP contribution in [-0.4, -0.2) is 63.8 Å². The minimum absolute atomic E-state index is 0.0998. The van der Waals surface area contributed by atoms with E-state index >= 15 is 0 Å². The maximum absolute atomic E-state index is 13.5. The average molecular weight is 401 g/mol. The Morgan fingerprint density at radius 2 is 2.17 bits per heavy atom. The molecule has 1 saturated heterocycles. The SMILES string of the molecule is CCOC(=O)[C@H]1CCCN(C(=O)[C@H](Cc2cccc(OC)c2)n2nnnc2C)C1. The Hall–Kier alpha value is -2.97. The molecule has 1 aromatic heterocycles. The first kappa shape index (κ1) is 20.8. The molecule has 29 heavy (non-hydrogen) atoms. The number of likely N-dealkylation sites (tertiary alicyclic amines) is 1. The second-order valence-corrected chi connectivity index (χ2v) is 7.12. The summed E-state index contributed by atoms with van der Waals surface area (Å²) in [6.07, 6.45) is 1.91. The predicted octanol–water partition coefficient (Wildman–Crippen LogP) is 1.58. The van der Waals surface area contributed by atoms with Crippen molar-refractivity contribution >= 4 is 11.9 Å². The number of tetrazole rings is 1. The highest BCUT2D eigenvalue weighted by molar-refractivity contribution is 5.82. The Bertz CT molecular complexity index is 853. The molecule has 0 aliphatic carbocycles. The predicted molar refractivity (Wildman–Crippen MR) is 104 cm³/mol. The summed E-state index contributed by atoms with van der Waals surface area (Å²) in [7, 11) is 1.61. The summed E-state index contributed by atoms with van der Waals surface area (Å²) in [6.45, 7) is 4.85. The van der Waals surface area contributed by atoms with Gasteiger partial charge in [0.25, 0.3) is 0 Å². The fraction of sp³-hybridized carbons (Fsp3) is 0.550. The molecule has 0 saturated carbocycles. The molecular weight excluding hydrogens is 374 g/mol. The van der Waals surface area contributed by atoms with E-state index in [9.17, 15) is 9.59 Å². The normalized spacial score (nSPS) is 17.6. The monoisotopic (exact) mass is 401 g/mol. The van der Waals surface area contributed by atoms with Gasteiger partial charge in [0.2, 0.25) is 5.91 Å². The van der Waals surface area contributed by atoms with Gasteiger partial charge >= 0.3 is 5.97 Å². The van der Waals surface area contributed by atoms with Crippen molar-refractivity contribution in [3.63, 3.8) is 0 Å². The zero-order chi connectivity index (χ0) is 20.8. The van der Waals surface area contributed by atoms with Gasteiger partial charge in [-0.15, -0.1) is 5.10 Å². The molecule has 2 aromatic rings. The lowest BCUT2D eigenvalue weighted by molar-refractivity contribution is -0.151. The minimum atomic E-state index is -0.599. The highest BCUT2D eigenvalue weighted by Gasteiger charge is 2.34. The van der Waals surface area contributed by atoms with Crippen molar-refractivity contribution < 1.29 is 19.1 Å². The van der Waals surface area contributed by atoms with Crippen molar-refractivity contribution in [3.8, 4) is 5.75 Å². The molecule has 1 aliphatic heterocycles. The molecule has 1 fully saturated rings. The molecule has 1 aromatic carbocycles. The Kier molecular flexibility index (Phi) is 6.79. The van der Waals surface area contributed by atoms with Crippen LogP contribution in [-0.2, 0) is 20.7 Å². The standard InChI is InChI=1S/C20H27N5O4/c1-4-29-20(27)16-8-6-10-24(13-16)19(26)18(25-14(2)21-22-23-25)12-15-7-5-9-17(11-15)28-3/h5,7,9,11,16,18H,4,6,8,10,12-13H2,1-3H3/t16-,18-/m0/s1. The topological polar surface area (TPSA) is 99.4 Å². The first-order chi connectivity index (χ1) is 14.0. The van der Waals surface area contributed by atoms with Crippen LogP contribution in [0.1, 0.15) is 37.2 Å². The molecule has 0 N–H and O–H groups in total. The van der Waals surface area contributed by atoms with E-state index < -0.39 is 6.04 Å². The van der Waals surface area contributed by atoms with Crippen molar-refractivity contribution in [1.82, 2.24) is 25.1 Å². The van der Waals surface area contributed by atoms with Crippen LogP contribution in [0.3, 0.4) is 0 Å². The molecule has 1 aliphatic rings. The van der Waals surface area contributed by atoms with Crippen LogP contribution in [0.15, 0.2) is 24.3 Å². The number of rotatable bonds is 7. The van der Waals surface area contributed by atoms with Crippen molar-refractivity contribution in [2.45, 2.75) is 39.2 Å². The molecule has 156 valence electrons. The zero-order valence-corrected chi connectivity index (χ0v) is 17.1. The van der Waals surface area contributed by atoms with Crippen LogP contribution < -0.4 is 4.74 Å². The molecule has 9 heteroatoms. The van der Waals surface area contributed by atoms with Crippen LogP contribution in [0.4, 0.5) is 0 Å². The van der Waals surface area contributed by atoms with Gasteiger partial charge in [0.15, 0.2) is 0 Å². The summed E-state index contributed by atoms with van der Waals surface area (Å²) in [5.41, 5.74) is 0.941. The maximum atomic E-state index is 13.5. The van der Waals surface area contributed by atoms with Gasteiger partial charge in [-0.25, -0.2) is 4.68 Å². The number of ether oxygens (including phenoxy) is 2. The number of benzene rings is 1. The second-order valence-electron chi connectivity index (χ2n) is 7.12. The zero-order valence-electron chi connectivity index (χ0n) is 17.1. The van der Waals surface area contributed by atoms with Crippen molar-refractivity contribution in [2.24, 2.45) is 5.92 Å². The lowest BCUT2D eigenvalue weighted by Crippen LogP contribution is -2.46. The van der Waals surface area contributed by atoms with Gasteiger partial charge in [-0.1, -0.05) is 12.1 Å². The number of methoxy groups -OCH3 is 1. The summed E-state index contributed by atoms with van der Waals surface area (Å²) in [5.74, 6) is 0.651. The van der Waals surface area contributed by atoms with Gasteiger partial charge in [0.05, 0.1) is 19.6 Å². The third-order valence-corrected chi connectivity index (χ3v) is 5.15. The van der Waals surface area contributed by atoms with Crippen LogP contribution in [0.5, 0.6) is 5.75 Å². The van der Waals surface area contributed by atoms with E-state index in [2.05, 4.69) is 15.5 Å². The van der Waals surface area contributed by atoms with Gasteiger partial charge < -0.3 is 14.4 Å². The summed E-state index contributed by atoms with van der Waals surface area (Å²) in [5, 5.41) is 11.7. The highest BCUT2D eigenvalue weighted by atomic mass is 16.5. The third kappa shape index (κ3) is 4.90. The van der Waals surface area contributed by atoms with Crippen LogP contribution in [0, 0.1) is 12.8 Å². The molecule has 0 radical (unpaired) electrons. The molecule has 2 atom stereocenters. The number of esters is 1. The van der Waals surface area contributed by atoms with E-state index in [1.54, 1.807) is 30.5 Å². The largest absolute Gasteiger partial charge is 0.497 e. The molecule has 1 amide bonds. The molecule has 2 heterocycles. The van der Waals surface area contributed by atoms with Crippen LogP contribution >= 0.6 is 0 Å². The van der Waals surface area contributed by atoms with Crippen LogP contribution in [0.2, 0.25) is 0 Å². The van der Waals surface area contributed by atoms with Crippen molar-refractivity contribution in [3.05, 3.63) is 35.7 Å². The van der Waals surface area contributed by atoms with E-state index in [1.807, 2.05) is 24.3 Å². The van der Waals surface area contributed by atoms with Gasteiger partial charge in [-0.2, -0.15) is 0 Å². The third-order valence-electron chi connectivity index (χ3n) is 5.15. The maximum Gasteiger partial charge on any atom is 0.310 e. The smallest absolute Gasteiger partial charge is 0.310 e. The fourth-order valence-corrected chi connectivity index (χ4v) is 3.67. The Morgan fingerprint density at radius 1 is 1.34 bits per heavy atom. The van der Waals surface area contributed by atoms with Crippen LogP contribution in [0.25, 0.3) is 0 Å². The van der Waals surface area contributed by atoms with E-state index in [1.165, 1.54) is 0 Å². The first-order valence-corrected chi connectivity index (χ1v) is 9.86. The number of nitrogens with zero attached hydrogens (tertiary/aromatic N) is 5. The Morgan fingerprint density at radius 3 is 2.86 bits per heavy atom. The Labute approximate surface area is 170 Å². The van der Waals surface area contributed by atoms with E-state index in [0.717, 1.165) is 24.2 Å². The number of amides is 1. The number of carbonyl (C=O) groups excluding carboxylic acids is 2. The van der Waals surface area contributed by atoms with E-state index in [4.69, 9.17) is 9.47 Å². The van der Waals surface area contributed by atoms with Crippen molar-refractivity contribution in [2.75, 3.05) is 26.8 Å². The number of hydrogen-bond donors (Lipinski definition) is 0. The number of aromatic nitrogens is 4. The number of piperidine rings is 1. The lowest BCUT2D eigenvalue weighted by atomic mass is 9.96. The van der Waals surface area contributed by atoms with E-state index in [0.29, 0.717) is 31.9 Å². The fourth-order valence-electron chi connectivity index (χ4n) is 3.67. The summed E-state index contributed by atoms with van der Waals surface area (Å²) in [6, 6.07) is 6.99. The molecule has 9 nitrogen and oxygen atoms in total. The molecule has 0 spiro atoms. The summed E-state index contributed by atoms with van der Waals surface area (Å²) >= 11 is 0. The average Bonchev–Trinajstić information content (AvgIpc) is 3.17. The second kappa shape index (κ2) is 9.49. The van der Waals surface area contributed by atoms with Gasteiger partial charge in [0, 0.05) is 19.5 Å². The molecule has 0 bridgehead atoms. The minimum Gasteiger partial charge on any atom is -0.497 e. The summed E-state index contributed by atoms with van der Waals surface area (Å²) in [4.78, 5) is 27.4. The molecular formula is C20H27N5O4. The number of carbonyl (C=O) groups is 2. The van der Waals surface area contributed by atoms with Gasteiger partial charge in [-0.3, -0.25) is 9.59 Å². The summed E-state index contributed by atoms with van der Waals surface area (Å²) < 4.78 is 12.0. The van der Waals surface area contributed by atoms with Gasteiger partial charge in [-0.05, 0) is 54.8 Å². The Balaban J connectivity index is 1.83.